The highest BCUT2D eigenvalue weighted by Gasteiger charge is 2.21. The average Bonchev–Trinajstić information content (AvgIpc) is 2.65. The molecule has 0 saturated carbocycles. The first-order chi connectivity index (χ1) is 12.9. The molecule has 0 unspecified atom stereocenters. The van der Waals surface area contributed by atoms with Crippen LogP contribution in [0.3, 0.4) is 0 Å². The third kappa shape index (κ3) is 6.48. The number of likely N-dealkylation sites (tertiary alicyclic amines) is 1. The number of nitrogens with zero attached hydrogens (tertiary/aromatic N) is 1. The van der Waals surface area contributed by atoms with Crippen molar-refractivity contribution in [2.45, 2.75) is 61.8 Å². The quantitative estimate of drug-likeness (QED) is 0.480. The van der Waals surface area contributed by atoms with E-state index in [0.717, 1.165) is 30.8 Å². The second kappa shape index (κ2) is 10.5. The van der Waals surface area contributed by atoms with Gasteiger partial charge in [0.2, 0.25) is 15.9 Å². The highest BCUT2D eigenvalue weighted by Crippen LogP contribution is 2.28. The molecule has 0 aromatic heterocycles. The molecule has 1 atom stereocenters. The summed E-state index contributed by atoms with van der Waals surface area (Å²) >= 11 is 1.46. The number of anilines is 1. The Morgan fingerprint density at radius 2 is 2.11 bits per heavy atom. The molecular formula is C19H31N3O3S2. The maximum absolute atomic E-state index is 12.6. The van der Waals surface area contributed by atoms with Crippen LogP contribution in [-0.2, 0) is 14.8 Å². The fourth-order valence-corrected chi connectivity index (χ4v) is 5.16. The van der Waals surface area contributed by atoms with Crippen LogP contribution in [0.5, 0.6) is 0 Å². The Labute approximate surface area is 167 Å². The number of carbonyl (C=O) groups excluding carboxylic acids is 1. The number of carbonyl (C=O) groups is 1. The molecule has 27 heavy (non-hydrogen) atoms. The second-order valence-electron chi connectivity index (χ2n) is 6.89. The van der Waals surface area contributed by atoms with E-state index in [0.29, 0.717) is 18.3 Å². The van der Waals surface area contributed by atoms with Gasteiger partial charge in [0.25, 0.3) is 0 Å². The lowest BCUT2D eigenvalue weighted by Gasteiger charge is -2.35. The Morgan fingerprint density at radius 3 is 2.78 bits per heavy atom. The summed E-state index contributed by atoms with van der Waals surface area (Å²) in [7, 11) is -3.59. The number of sulfonamides is 1. The van der Waals surface area contributed by atoms with Crippen molar-refractivity contribution >= 4 is 33.4 Å². The molecule has 2 N–H and O–H groups in total. The molecule has 0 spiro atoms. The van der Waals surface area contributed by atoms with Gasteiger partial charge in [0.15, 0.2) is 0 Å². The summed E-state index contributed by atoms with van der Waals surface area (Å²) < 4.78 is 27.9. The van der Waals surface area contributed by atoms with Gasteiger partial charge in [0.05, 0.1) is 10.6 Å². The van der Waals surface area contributed by atoms with Crippen molar-refractivity contribution in [1.82, 2.24) is 9.62 Å². The maximum atomic E-state index is 12.6. The van der Waals surface area contributed by atoms with Gasteiger partial charge in [-0.25, -0.2) is 13.1 Å². The summed E-state index contributed by atoms with van der Waals surface area (Å²) in [5.74, 6) is -0.222. The van der Waals surface area contributed by atoms with Gasteiger partial charge in [-0.15, -0.1) is 11.8 Å². The van der Waals surface area contributed by atoms with Gasteiger partial charge >= 0.3 is 0 Å². The van der Waals surface area contributed by atoms with E-state index in [1.54, 1.807) is 12.1 Å². The van der Waals surface area contributed by atoms with Crippen LogP contribution in [0.1, 0.15) is 46.0 Å². The number of amides is 1. The molecule has 152 valence electrons. The molecule has 1 aromatic rings. The van der Waals surface area contributed by atoms with Gasteiger partial charge in [-0.3, -0.25) is 4.79 Å². The van der Waals surface area contributed by atoms with Crippen molar-refractivity contribution in [3.8, 4) is 0 Å². The number of hydrogen-bond donors (Lipinski definition) is 2. The van der Waals surface area contributed by atoms with Crippen molar-refractivity contribution in [2.24, 2.45) is 0 Å². The van der Waals surface area contributed by atoms with Crippen LogP contribution in [0.2, 0.25) is 0 Å². The molecule has 1 aliphatic rings. The molecule has 0 bridgehead atoms. The molecule has 2 rings (SSSR count). The first-order valence-electron chi connectivity index (χ1n) is 9.56. The van der Waals surface area contributed by atoms with Crippen molar-refractivity contribution in [3.63, 3.8) is 0 Å². The van der Waals surface area contributed by atoms with Crippen LogP contribution in [0, 0.1) is 0 Å². The Bertz CT molecular complexity index is 738. The standard InChI is InChI=1S/C19H31N3O3S2/c1-4-16-8-5-6-12-22(16)13-7-11-20-27(24,25)17-9-10-19(26-3)18(14-17)21-15(2)23/h9-10,14,16,20H,4-8,11-13H2,1-3H3,(H,21,23)/t16-/m1/s1. The van der Waals surface area contributed by atoms with E-state index >= 15 is 0 Å². The van der Waals surface area contributed by atoms with Crippen LogP contribution < -0.4 is 10.0 Å². The Kier molecular flexibility index (Phi) is 8.60. The molecule has 1 fully saturated rings. The maximum Gasteiger partial charge on any atom is 0.240 e. The van der Waals surface area contributed by atoms with E-state index in [2.05, 4.69) is 21.9 Å². The number of thioether (sulfide) groups is 1. The monoisotopic (exact) mass is 413 g/mol. The SMILES string of the molecule is CC[C@@H]1CCCCN1CCCNS(=O)(=O)c1ccc(SC)c(NC(C)=O)c1. The lowest BCUT2D eigenvalue weighted by molar-refractivity contribution is -0.114. The molecule has 1 aliphatic heterocycles. The fraction of sp³-hybridized carbons (Fsp3) is 0.632. The lowest BCUT2D eigenvalue weighted by atomic mass is 10.00. The molecular weight excluding hydrogens is 382 g/mol. The number of rotatable bonds is 9. The molecule has 0 radical (unpaired) electrons. The zero-order chi connectivity index (χ0) is 19.9. The normalized spacial score (nSPS) is 18.4. The van der Waals surface area contributed by atoms with Crippen LogP contribution in [0.15, 0.2) is 28.0 Å². The van der Waals surface area contributed by atoms with Crippen LogP contribution >= 0.6 is 11.8 Å². The predicted octanol–water partition coefficient (Wildman–Crippen LogP) is 3.30. The number of hydrogen-bond acceptors (Lipinski definition) is 5. The molecule has 1 amide bonds. The van der Waals surface area contributed by atoms with Crippen molar-refractivity contribution in [2.75, 3.05) is 31.2 Å². The smallest absolute Gasteiger partial charge is 0.240 e. The zero-order valence-corrected chi connectivity index (χ0v) is 18.1. The van der Waals surface area contributed by atoms with Crippen LogP contribution in [0.4, 0.5) is 5.69 Å². The molecule has 1 heterocycles. The van der Waals surface area contributed by atoms with Crippen molar-refractivity contribution in [3.05, 3.63) is 18.2 Å². The van der Waals surface area contributed by atoms with Crippen LogP contribution in [0.25, 0.3) is 0 Å². The summed E-state index contributed by atoms with van der Waals surface area (Å²) in [4.78, 5) is 14.9. The summed E-state index contributed by atoms with van der Waals surface area (Å²) in [5, 5.41) is 2.70. The molecule has 6 nitrogen and oxygen atoms in total. The minimum absolute atomic E-state index is 0.174. The van der Waals surface area contributed by atoms with Gasteiger partial charge < -0.3 is 10.2 Å². The summed E-state index contributed by atoms with van der Waals surface area (Å²) in [6.45, 7) is 6.07. The highest BCUT2D eigenvalue weighted by molar-refractivity contribution is 7.98. The topological polar surface area (TPSA) is 78.5 Å². The van der Waals surface area contributed by atoms with E-state index in [9.17, 15) is 13.2 Å². The van der Waals surface area contributed by atoms with Gasteiger partial charge in [-0.1, -0.05) is 13.3 Å². The van der Waals surface area contributed by atoms with Gasteiger partial charge in [-0.2, -0.15) is 0 Å². The van der Waals surface area contributed by atoms with Crippen molar-refractivity contribution < 1.29 is 13.2 Å². The van der Waals surface area contributed by atoms with E-state index in [-0.39, 0.29) is 10.8 Å². The van der Waals surface area contributed by atoms with E-state index in [1.807, 2.05) is 6.26 Å². The fourth-order valence-electron chi connectivity index (χ4n) is 3.53. The first kappa shape index (κ1) is 22.2. The second-order valence-corrected chi connectivity index (χ2v) is 9.50. The average molecular weight is 414 g/mol. The molecule has 8 heteroatoms. The van der Waals surface area contributed by atoms with Gasteiger partial charge in [0, 0.05) is 24.4 Å². The van der Waals surface area contributed by atoms with E-state index < -0.39 is 10.0 Å². The third-order valence-electron chi connectivity index (χ3n) is 4.93. The lowest BCUT2D eigenvalue weighted by Crippen LogP contribution is -2.40. The minimum atomic E-state index is -3.59. The highest BCUT2D eigenvalue weighted by atomic mass is 32.2. The zero-order valence-electron chi connectivity index (χ0n) is 16.5. The Balaban J connectivity index is 1.94. The molecule has 0 aliphatic carbocycles. The van der Waals surface area contributed by atoms with Gasteiger partial charge in [-0.05, 0) is 63.2 Å². The first-order valence-corrected chi connectivity index (χ1v) is 12.3. The van der Waals surface area contributed by atoms with E-state index in [4.69, 9.17) is 0 Å². The summed E-state index contributed by atoms with van der Waals surface area (Å²) in [6, 6.07) is 5.46. The van der Waals surface area contributed by atoms with E-state index in [1.165, 1.54) is 44.0 Å². The number of nitrogens with one attached hydrogen (secondary N) is 2. The molecule has 1 aromatic carbocycles. The molecule has 1 saturated heterocycles. The van der Waals surface area contributed by atoms with Gasteiger partial charge in [0.1, 0.15) is 0 Å². The minimum Gasteiger partial charge on any atom is -0.325 e. The Morgan fingerprint density at radius 1 is 1.33 bits per heavy atom. The van der Waals surface area contributed by atoms with Crippen LogP contribution in [-0.4, -0.2) is 51.2 Å². The largest absolute Gasteiger partial charge is 0.325 e. The third-order valence-corrected chi connectivity index (χ3v) is 7.18. The van der Waals surface area contributed by atoms with Crippen molar-refractivity contribution in [1.29, 1.82) is 0 Å². The Hall–Kier alpha value is -1.09. The number of benzene rings is 1. The number of piperidine rings is 1. The summed E-state index contributed by atoms with van der Waals surface area (Å²) in [6.07, 6.45) is 7.60. The summed E-state index contributed by atoms with van der Waals surface area (Å²) in [5.41, 5.74) is 0.525. The predicted molar refractivity (Wildman–Crippen MR) is 112 cm³/mol.